The Morgan fingerprint density at radius 3 is 1.43 bits per heavy atom. The fourth-order valence-corrected chi connectivity index (χ4v) is 6.93. The Morgan fingerprint density at radius 1 is 0.534 bits per heavy atom. The summed E-state index contributed by atoms with van der Waals surface area (Å²) in [6, 6.07) is -0.619. The van der Waals surface area contributed by atoms with E-state index in [1.807, 2.05) is 45.4 Å². The Morgan fingerprint density at radius 2 is 0.966 bits per heavy atom. The zero-order valence-corrected chi connectivity index (χ0v) is 38.2. The molecule has 0 aromatic heterocycles. The van der Waals surface area contributed by atoms with Gasteiger partial charge >= 0.3 is 17.9 Å². The summed E-state index contributed by atoms with van der Waals surface area (Å²) in [5, 5.41) is 9.63. The highest BCUT2D eigenvalue weighted by Crippen LogP contribution is 2.16. The largest absolute Gasteiger partial charge is 0.477 e. The molecule has 0 saturated heterocycles. The SMILES string of the molecule is CC/C=C/C=C/C=C/C=C/CCCCCCCC(=O)OC(COCCC(C(=O)O)[N+](C)(C)C)COC(=O)CCCCCCCCCCCCCCCCCCCCC. The molecule has 8 heteroatoms. The monoisotopic (exact) mass is 817 g/mol. The van der Waals surface area contributed by atoms with Crippen molar-refractivity contribution in [2.24, 2.45) is 0 Å². The summed E-state index contributed by atoms with van der Waals surface area (Å²) >= 11 is 0. The van der Waals surface area contributed by atoms with Crippen molar-refractivity contribution in [3.05, 3.63) is 48.6 Å². The van der Waals surface area contributed by atoms with Gasteiger partial charge in [-0.05, 0) is 32.1 Å². The summed E-state index contributed by atoms with van der Waals surface area (Å²) in [5.41, 5.74) is 0. The topological polar surface area (TPSA) is 99.1 Å². The van der Waals surface area contributed by atoms with Gasteiger partial charge in [0.2, 0.25) is 0 Å². The first-order chi connectivity index (χ1) is 28.1. The van der Waals surface area contributed by atoms with E-state index in [-0.39, 0.29) is 36.2 Å². The molecule has 0 fully saturated rings. The second-order valence-corrected chi connectivity index (χ2v) is 17.1. The zero-order chi connectivity index (χ0) is 42.8. The van der Waals surface area contributed by atoms with Crippen LogP contribution in [0.3, 0.4) is 0 Å². The predicted octanol–water partition coefficient (Wildman–Crippen LogP) is 13.2. The zero-order valence-electron chi connectivity index (χ0n) is 38.2. The molecule has 0 rings (SSSR count). The number of rotatable bonds is 42. The van der Waals surface area contributed by atoms with Crippen LogP contribution in [0.25, 0.3) is 0 Å². The Balaban J connectivity index is 4.29. The van der Waals surface area contributed by atoms with E-state index in [1.165, 1.54) is 103 Å². The van der Waals surface area contributed by atoms with Gasteiger partial charge in [0, 0.05) is 19.3 Å². The fourth-order valence-electron chi connectivity index (χ4n) is 6.93. The second-order valence-electron chi connectivity index (χ2n) is 17.1. The number of carboxylic acid groups (broad SMARTS) is 1. The van der Waals surface area contributed by atoms with Crippen LogP contribution in [0.15, 0.2) is 48.6 Å². The Bertz CT molecular complexity index is 1090. The van der Waals surface area contributed by atoms with Crippen LogP contribution in [0.4, 0.5) is 0 Å². The Labute approximate surface area is 356 Å². The molecule has 0 aromatic rings. The first-order valence-corrected chi connectivity index (χ1v) is 23.7. The van der Waals surface area contributed by atoms with Gasteiger partial charge in [0.25, 0.3) is 0 Å². The highest BCUT2D eigenvalue weighted by molar-refractivity contribution is 5.72. The number of hydrogen-bond donors (Lipinski definition) is 1. The van der Waals surface area contributed by atoms with Gasteiger partial charge < -0.3 is 23.8 Å². The van der Waals surface area contributed by atoms with E-state index in [4.69, 9.17) is 14.2 Å². The van der Waals surface area contributed by atoms with Crippen LogP contribution in [-0.2, 0) is 28.6 Å². The third-order valence-corrected chi connectivity index (χ3v) is 10.6. The second kappa shape index (κ2) is 41.0. The maximum Gasteiger partial charge on any atom is 0.362 e. The number of allylic oxidation sites excluding steroid dienone is 8. The lowest BCUT2D eigenvalue weighted by Crippen LogP contribution is -2.50. The number of hydrogen-bond acceptors (Lipinski definition) is 6. The Kier molecular flexibility index (Phi) is 39.1. The molecule has 0 aromatic carbocycles. The van der Waals surface area contributed by atoms with E-state index >= 15 is 0 Å². The number of unbranched alkanes of at least 4 members (excludes halogenated alkanes) is 23. The standard InChI is InChI=1S/C50H89NO7/c1-6-8-10-12-14-16-18-20-22-23-24-25-27-28-30-32-34-36-38-40-48(52)57-45-46(44-56-43-42-47(50(54)55)51(3,4)5)58-49(53)41-39-37-35-33-31-29-26-21-19-17-15-13-11-9-7-2/h9,11,13,15,17,19,21,26,46-47H,6-8,10,12,14,16,18,20,22-25,27-45H2,1-5H3/p+1/b11-9+,15-13+,19-17+,26-21+. The number of carboxylic acids is 1. The van der Waals surface area contributed by atoms with Gasteiger partial charge in [-0.1, -0.05) is 197 Å². The number of carbonyl (C=O) groups excluding carboxylic acids is 2. The molecule has 0 aliphatic rings. The van der Waals surface area contributed by atoms with Crippen LogP contribution >= 0.6 is 0 Å². The summed E-state index contributed by atoms with van der Waals surface area (Å²) in [7, 11) is 5.52. The number of esters is 2. The van der Waals surface area contributed by atoms with Crippen molar-refractivity contribution in [2.45, 2.75) is 212 Å². The summed E-state index contributed by atoms with van der Waals surface area (Å²) in [4.78, 5) is 37.0. The molecule has 0 aliphatic carbocycles. The number of nitrogens with zero attached hydrogens (tertiary/aromatic N) is 1. The number of ether oxygens (including phenoxy) is 3. The van der Waals surface area contributed by atoms with Gasteiger partial charge in [0.1, 0.15) is 6.61 Å². The molecule has 0 heterocycles. The maximum atomic E-state index is 12.7. The van der Waals surface area contributed by atoms with Crippen LogP contribution < -0.4 is 0 Å². The molecule has 0 saturated carbocycles. The molecule has 58 heavy (non-hydrogen) atoms. The molecule has 2 atom stereocenters. The number of carbonyl (C=O) groups is 3. The first kappa shape index (κ1) is 55.3. The smallest absolute Gasteiger partial charge is 0.362 e. The number of quaternary nitrogens is 1. The van der Waals surface area contributed by atoms with Crippen molar-refractivity contribution in [1.82, 2.24) is 0 Å². The molecule has 336 valence electrons. The molecule has 0 spiro atoms. The van der Waals surface area contributed by atoms with Crippen molar-refractivity contribution in [1.29, 1.82) is 0 Å². The number of likely N-dealkylation sites (N-methyl/N-ethyl adjacent to an activating group) is 1. The lowest BCUT2D eigenvalue weighted by molar-refractivity contribution is -0.887. The van der Waals surface area contributed by atoms with E-state index in [1.54, 1.807) is 0 Å². The van der Waals surface area contributed by atoms with Gasteiger partial charge in [0.05, 0.1) is 34.4 Å². The van der Waals surface area contributed by atoms with E-state index < -0.39 is 18.1 Å². The molecule has 0 bridgehead atoms. The molecule has 2 unspecified atom stereocenters. The molecule has 8 nitrogen and oxygen atoms in total. The van der Waals surface area contributed by atoms with Crippen LogP contribution in [0, 0.1) is 0 Å². The summed E-state index contributed by atoms with van der Waals surface area (Å²) < 4.78 is 17.3. The predicted molar refractivity (Wildman–Crippen MR) is 243 cm³/mol. The van der Waals surface area contributed by atoms with E-state index in [0.29, 0.717) is 19.3 Å². The van der Waals surface area contributed by atoms with Gasteiger partial charge in [0.15, 0.2) is 12.1 Å². The normalized spacial score (nSPS) is 13.3. The molecule has 1 N–H and O–H groups in total. The summed E-state index contributed by atoms with van der Waals surface area (Å²) in [6.07, 6.45) is 48.7. The quantitative estimate of drug-likeness (QED) is 0.0283. The van der Waals surface area contributed by atoms with Crippen molar-refractivity contribution >= 4 is 17.9 Å². The van der Waals surface area contributed by atoms with Crippen molar-refractivity contribution in [2.75, 3.05) is 41.0 Å². The number of aliphatic carboxylic acids is 1. The lowest BCUT2D eigenvalue weighted by Gasteiger charge is -2.31. The van der Waals surface area contributed by atoms with E-state index in [2.05, 4.69) is 38.2 Å². The van der Waals surface area contributed by atoms with E-state index in [0.717, 1.165) is 64.2 Å². The van der Waals surface area contributed by atoms with E-state index in [9.17, 15) is 19.5 Å². The van der Waals surface area contributed by atoms with Gasteiger partial charge in [-0.3, -0.25) is 9.59 Å². The molecular weight excluding hydrogens is 727 g/mol. The van der Waals surface area contributed by atoms with Crippen molar-refractivity contribution in [3.8, 4) is 0 Å². The van der Waals surface area contributed by atoms with Crippen LogP contribution in [0.1, 0.15) is 200 Å². The minimum absolute atomic E-state index is 0.0522. The third-order valence-electron chi connectivity index (χ3n) is 10.6. The molecule has 0 aliphatic heterocycles. The van der Waals surface area contributed by atoms with Gasteiger partial charge in [-0.2, -0.15) is 0 Å². The van der Waals surface area contributed by atoms with Crippen LogP contribution in [0.5, 0.6) is 0 Å². The van der Waals surface area contributed by atoms with Gasteiger partial charge in [-0.25, -0.2) is 4.79 Å². The molecule has 0 radical (unpaired) electrons. The molecular formula is C50H90NO7+. The van der Waals surface area contributed by atoms with Crippen LogP contribution in [-0.4, -0.2) is 80.6 Å². The molecule has 0 amide bonds. The van der Waals surface area contributed by atoms with Crippen LogP contribution in [0.2, 0.25) is 0 Å². The average molecular weight is 817 g/mol. The maximum absolute atomic E-state index is 12.7. The lowest BCUT2D eigenvalue weighted by atomic mass is 10.0. The third kappa shape index (κ3) is 38.8. The summed E-state index contributed by atoms with van der Waals surface area (Å²) in [5.74, 6) is -1.49. The van der Waals surface area contributed by atoms with Gasteiger partial charge in [-0.15, -0.1) is 0 Å². The minimum atomic E-state index is -0.879. The van der Waals surface area contributed by atoms with Crippen molar-refractivity contribution < 1.29 is 38.2 Å². The first-order valence-electron chi connectivity index (χ1n) is 23.7. The summed E-state index contributed by atoms with van der Waals surface area (Å²) in [6.45, 7) is 4.59. The highest BCUT2D eigenvalue weighted by atomic mass is 16.6. The fraction of sp³-hybridized carbons (Fsp3) is 0.780. The average Bonchev–Trinajstić information content (AvgIpc) is 3.18. The minimum Gasteiger partial charge on any atom is -0.477 e. The highest BCUT2D eigenvalue weighted by Gasteiger charge is 2.31. The Hall–Kier alpha value is -2.71. The van der Waals surface area contributed by atoms with Crippen molar-refractivity contribution in [3.63, 3.8) is 0 Å².